The molecule has 0 aliphatic rings. The molecule has 0 aliphatic carbocycles. The Kier molecular flexibility index (Phi) is 3.16. The van der Waals surface area contributed by atoms with Crippen LogP contribution in [0.15, 0.2) is 24.5 Å². The number of benzene rings is 1. The molecule has 2 heterocycles. The molecule has 0 aliphatic heterocycles. The average molecular weight is 288 g/mol. The van der Waals surface area contributed by atoms with Gasteiger partial charge in [0.15, 0.2) is 17.5 Å². The lowest BCUT2D eigenvalue weighted by molar-refractivity contribution is 0.600. The Morgan fingerprint density at radius 3 is 2.38 bits per heavy atom. The van der Waals surface area contributed by atoms with E-state index in [-0.39, 0.29) is 11.9 Å². The average Bonchev–Trinajstić information content (AvgIpc) is 2.76. The number of nitrogens with zero attached hydrogens (tertiary/aromatic N) is 4. The van der Waals surface area contributed by atoms with Crippen molar-refractivity contribution in [2.45, 2.75) is 26.8 Å². The van der Waals surface area contributed by atoms with Gasteiger partial charge in [-0.2, -0.15) is 0 Å². The van der Waals surface area contributed by atoms with Crippen LogP contribution >= 0.6 is 0 Å². The van der Waals surface area contributed by atoms with Crippen molar-refractivity contribution in [3.63, 3.8) is 0 Å². The van der Waals surface area contributed by atoms with E-state index >= 15 is 0 Å². The Bertz CT molecular complexity index is 807. The summed E-state index contributed by atoms with van der Waals surface area (Å²) in [5, 5.41) is 0. The number of imidazole rings is 1. The second-order valence-electron chi connectivity index (χ2n) is 5.17. The third-order valence-electron chi connectivity index (χ3n) is 3.32. The minimum absolute atomic E-state index is 0.152. The molecular formula is C15H14F2N4. The Morgan fingerprint density at radius 1 is 1.10 bits per heavy atom. The summed E-state index contributed by atoms with van der Waals surface area (Å²) in [6.45, 7) is 5.85. The molecule has 0 saturated carbocycles. The maximum Gasteiger partial charge on any atom is 0.159 e. The van der Waals surface area contributed by atoms with E-state index in [9.17, 15) is 8.78 Å². The topological polar surface area (TPSA) is 43.6 Å². The third kappa shape index (κ3) is 2.26. The summed E-state index contributed by atoms with van der Waals surface area (Å²) >= 11 is 0. The molecule has 0 spiro atoms. The number of halogens is 2. The Morgan fingerprint density at radius 2 is 1.76 bits per heavy atom. The highest BCUT2D eigenvalue weighted by Crippen LogP contribution is 2.27. The van der Waals surface area contributed by atoms with Crippen LogP contribution < -0.4 is 0 Å². The second-order valence-corrected chi connectivity index (χ2v) is 5.17. The van der Waals surface area contributed by atoms with Crippen LogP contribution in [-0.2, 0) is 0 Å². The third-order valence-corrected chi connectivity index (χ3v) is 3.32. The van der Waals surface area contributed by atoms with Crippen molar-refractivity contribution < 1.29 is 8.78 Å². The molecule has 0 amide bonds. The Balaban J connectivity index is 2.26. The van der Waals surface area contributed by atoms with Gasteiger partial charge < -0.3 is 4.57 Å². The summed E-state index contributed by atoms with van der Waals surface area (Å²) in [4.78, 5) is 12.1. The van der Waals surface area contributed by atoms with Gasteiger partial charge in [0.05, 0.1) is 17.9 Å². The van der Waals surface area contributed by atoms with Gasteiger partial charge in [0.1, 0.15) is 11.3 Å². The summed E-state index contributed by atoms with van der Waals surface area (Å²) in [7, 11) is 0. The summed E-state index contributed by atoms with van der Waals surface area (Å²) in [5.41, 5.74) is 1.51. The smallest absolute Gasteiger partial charge is 0.159 e. The fraction of sp³-hybridized carbons (Fsp3) is 0.267. The molecule has 3 rings (SSSR count). The normalized spacial score (nSPS) is 11.5. The molecular weight excluding hydrogens is 274 g/mol. The zero-order valence-electron chi connectivity index (χ0n) is 11.9. The minimum Gasteiger partial charge on any atom is -0.326 e. The SMILES string of the molecule is Cc1nc2c(F)cc(-c3ncc(F)cn3)cc2n1C(C)C. The zero-order chi connectivity index (χ0) is 15.1. The first-order valence-electron chi connectivity index (χ1n) is 6.63. The fourth-order valence-electron chi connectivity index (χ4n) is 2.51. The van der Waals surface area contributed by atoms with E-state index in [2.05, 4.69) is 15.0 Å². The van der Waals surface area contributed by atoms with Crippen LogP contribution in [0.25, 0.3) is 22.4 Å². The van der Waals surface area contributed by atoms with Crippen LogP contribution in [0, 0.1) is 18.6 Å². The van der Waals surface area contributed by atoms with Gasteiger partial charge in [-0.15, -0.1) is 0 Å². The molecule has 0 radical (unpaired) electrons. The lowest BCUT2D eigenvalue weighted by atomic mass is 10.1. The van der Waals surface area contributed by atoms with E-state index in [4.69, 9.17) is 0 Å². The first-order valence-corrected chi connectivity index (χ1v) is 6.63. The highest BCUT2D eigenvalue weighted by Gasteiger charge is 2.16. The molecule has 0 atom stereocenters. The lowest BCUT2D eigenvalue weighted by Crippen LogP contribution is -2.03. The zero-order valence-corrected chi connectivity index (χ0v) is 11.9. The summed E-state index contributed by atoms with van der Waals surface area (Å²) in [6.07, 6.45) is 2.13. The van der Waals surface area contributed by atoms with E-state index in [0.29, 0.717) is 16.6 Å². The largest absolute Gasteiger partial charge is 0.326 e. The van der Waals surface area contributed by atoms with Gasteiger partial charge in [0, 0.05) is 11.6 Å². The van der Waals surface area contributed by atoms with Crippen LogP contribution in [0.1, 0.15) is 25.7 Å². The first kappa shape index (κ1) is 13.6. The second kappa shape index (κ2) is 4.87. The van der Waals surface area contributed by atoms with Gasteiger partial charge in [0.25, 0.3) is 0 Å². The predicted molar refractivity (Wildman–Crippen MR) is 75.8 cm³/mol. The van der Waals surface area contributed by atoms with Crippen molar-refractivity contribution in [1.29, 1.82) is 0 Å². The standard InChI is InChI=1S/C15H14F2N4/c1-8(2)21-9(3)20-14-12(17)4-10(5-13(14)21)15-18-6-11(16)7-19-15/h4-8H,1-3H3. The van der Waals surface area contributed by atoms with Crippen molar-refractivity contribution in [1.82, 2.24) is 19.5 Å². The molecule has 108 valence electrons. The Labute approximate surface area is 120 Å². The van der Waals surface area contributed by atoms with Crippen LogP contribution in [0.5, 0.6) is 0 Å². The minimum atomic E-state index is -0.525. The van der Waals surface area contributed by atoms with Crippen molar-refractivity contribution in [2.24, 2.45) is 0 Å². The molecule has 2 aromatic heterocycles. The Hall–Kier alpha value is -2.37. The molecule has 1 aromatic carbocycles. The van der Waals surface area contributed by atoms with Gasteiger partial charge in [-0.3, -0.25) is 0 Å². The highest BCUT2D eigenvalue weighted by molar-refractivity contribution is 5.82. The number of fused-ring (bicyclic) bond motifs is 1. The quantitative estimate of drug-likeness (QED) is 0.722. The first-order chi connectivity index (χ1) is 9.97. The predicted octanol–water partition coefficient (Wildman–Crippen LogP) is 3.66. The fourth-order valence-corrected chi connectivity index (χ4v) is 2.51. The number of aromatic nitrogens is 4. The van der Waals surface area contributed by atoms with E-state index < -0.39 is 11.6 Å². The molecule has 3 aromatic rings. The summed E-state index contributed by atoms with van der Waals surface area (Å²) in [5.74, 6) is 0.0729. The van der Waals surface area contributed by atoms with Gasteiger partial charge >= 0.3 is 0 Å². The molecule has 4 nitrogen and oxygen atoms in total. The molecule has 6 heteroatoms. The molecule has 21 heavy (non-hydrogen) atoms. The molecule has 0 fully saturated rings. The molecule has 0 unspecified atom stereocenters. The summed E-state index contributed by atoms with van der Waals surface area (Å²) < 4.78 is 29.1. The molecule has 0 bridgehead atoms. The van der Waals surface area contributed by atoms with Gasteiger partial charge in [0.2, 0.25) is 0 Å². The maximum atomic E-state index is 14.3. The van der Waals surface area contributed by atoms with E-state index in [1.807, 2.05) is 25.3 Å². The van der Waals surface area contributed by atoms with Crippen LogP contribution in [0.2, 0.25) is 0 Å². The van der Waals surface area contributed by atoms with Crippen LogP contribution in [0.3, 0.4) is 0 Å². The van der Waals surface area contributed by atoms with E-state index in [0.717, 1.165) is 18.2 Å². The number of hydrogen-bond acceptors (Lipinski definition) is 3. The monoisotopic (exact) mass is 288 g/mol. The van der Waals surface area contributed by atoms with Crippen molar-refractivity contribution in [3.8, 4) is 11.4 Å². The molecule has 0 N–H and O–H groups in total. The molecule has 0 saturated heterocycles. The number of rotatable bonds is 2. The van der Waals surface area contributed by atoms with Crippen LogP contribution in [-0.4, -0.2) is 19.5 Å². The lowest BCUT2D eigenvalue weighted by Gasteiger charge is -2.11. The van der Waals surface area contributed by atoms with Crippen molar-refractivity contribution in [2.75, 3.05) is 0 Å². The number of aryl methyl sites for hydroxylation is 1. The van der Waals surface area contributed by atoms with Crippen molar-refractivity contribution in [3.05, 3.63) is 42.0 Å². The van der Waals surface area contributed by atoms with Gasteiger partial charge in [-0.1, -0.05) is 0 Å². The van der Waals surface area contributed by atoms with Gasteiger partial charge in [-0.05, 0) is 32.9 Å². The van der Waals surface area contributed by atoms with Crippen LogP contribution in [0.4, 0.5) is 8.78 Å². The maximum absolute atomic E-state index is 14.3. The van der Waals surface area contributed by atoms with Gasteiger partial charge in [-0.25, -0.2) is 23.7 Å². The number of hydrogen-bond donors (Lipinski definition) is 0. The van der Waals surface area contributed by atoms with Crippen molar-refractivity contribution >= 4 is 11.0 Å². The highest BCUT2D eigenvalue weighted by atomic mass is 19.1. The van der Waals surface area contributed by atoms with E-state index in [1.54, 1.807) is 6.07 Å². The van der Waals surface area contributed by atoms with E-state index in [1.165, 1.54) is 6.07 Å². The summed E-state index contributed by atoms with van der Waals surface area (Å²) in [6, 6.07) is 3.26.